The third-order valence-electron chi connectivity index (χ3n) is 11.0. The number of aromatic hydroxyl groups is 1. The Hall–Kier alpha value is -5.03. The van der Waals surface area contributed by atoms with Gasteiger partial charge in [-0.25, -0.2) is 4.79 Å². The molecular formula is C46H63N3O8. The molecule has 0 fully saturated rings. The number of carbonyl (C=O) groups is 5. The van der Waals surface area contributed by atoms with Crippen LogP contribution in [0.4, 0.5) is 0 Å². The van der Waals surface area contributed by atoms with Crippen molar-refractivity contribution in [1.82, 2.24) is 14.7 Å². The molecule has 0 aliphatic heterocycles. The first-order valence-corrected chi connectivity index (χ1v) is 19.8. The van der Waals surface area contributed by atoms with Gasteiger partial charge >= 0.3 is 11.9 Å². The number of rotatable bonds is 20. The van der Waals surface area contributed by atoms with E-state index in [0.717, 1.165) is 22.3 Å². The molecule has 3 aromatic rings. The maximum absolute atomic E-state index is 14.6. The average Bonchev–Trinajstić information content (AvgIpc) is 3.19. The highest BCUT2D eigenvalue weighted by Gasteiger charge is 2.40. The Kier molecular flexibility index (Phi) is 17.5. The molecule has 1 N–H and O–H groups in total. The summed E-state index contributed by atoms with van der Waals surface area (Å²) in [5.41, 5.74) is 4.63. The molecule has 0 radical (unpaired) electrons. The van der Waals surface area contributed by atoms with E-state index in [9.17, 15) is 29.1 Å². The smallest absolute Gasteiger partial charge is 0.328 e. The molecule has 0 spiro atoms. The van der Waals surface area contributed by atoms with Crippen molar-refractivity contribution in [2.24, 2.45) is 17.8 Å². The highest BCUT2D eigenvalue weighted by Crippen LogP contribution is 2.26. The Labute approximate surface area is 339 Å². The van der Waals surface area contributed by atoms with Gasteiger partial charge in [0, 0.05) is 45.2 Å². The molecule has 57 heavy (non-hydrogen) atoms. The summed E-state index contributed by atoms with van der Waals surface area (Å²) >= 11 is 0. The summed E-state index contributed by atoms with van der Waals surface area (Å²) in [6.45, 7) is 11.4. The number of hydrogen-bond acceptors (Lipinski definition) is 9. The van der Waals surface area contributed by atoms with Crippen molar-refractivity contribution in [3.8, 4) is 5.75 Å². The summed E-state index contributed by atoms with van der Waals surface area (Å²) in [5.74, 6) is -3.85. The van der Waals surface area contributed by atoms with Crippen LogP contribution in [-0.4, -0.2) is 109 Å². The van der Waals surface area contributed by atoms with Crippen molar-refractivity contribution >= 4 is 29.5 Å². The van der Waals surface area contributed by atoms with E-state index in [2.05, 4.69) is 0 Å². The Balaban J connectivity index is 1.93. The predicted molar refractivity (Wildman–Crippen MR) is 221 cm³/mol. The van der Waals surface area contributed by atoms with Crippen LogP contribution in [0.25, 0.3) is 0 Å². The Morgan fingerprint density at radius 3 is 1.51 bits per heavy atom. The van der Waals surface area contributed by atoms with E-state index in [1.165, 1.54) is 43.1 Å². The zero-order valence-electron chi connectivity index (χ0n) is 35.7. The fourth-order valence-electron chi connectivity index (χ4n) is 6.79. The maximum Gasteiger partial charge on any atom is 0.328 e. The van der Waals surface area contributed by atoms with E-state index in [0.29, 0.717) is 18.4 Å². The number of ketones is 1. The van der Waals surface area contributed by atoms with Crippen LogP contribution in [-0.2, 0) is 52.7 Å². The van der Waals surface area contributed by atoms with Crippen LogP contribution in [0, 0.1) is 31.6 Å². The largest absolute Gasteiger partial charge is 0.508 e. The van der Waals surface area contributed by atoms with E-state index in [1.807, 2.05) is 90.1 Å². The number of esters is 2. The van der Waals surface area contributed by atoms with Crippen LogP contribution in [0.3, 0.4) is 0 Å². The monoisotopic (exact) mass is 785 g/mol. The molecule has 2 amide bonds. The number of hydrogen-bond donors (Lipinski definition) is 1. The molecule has 0 saturated carbocycles. The first-order valence-electron chi connectivity index (χ1n) is 19.8. The summed E-state index contributed by atoms with van der Waals surface area (Å²) < 4.78 is 11.2. The lowest BCUT2D eigenvalue weighted by Gasteiger charge is -2.36. The number of phenols is 1. The van der Waals surface area contributed by atoms with Crippen LogP contribution >= 0.6 is 0 Å². The first kappa shape index (κ1) is 46.4. The van der Waals surface area contributed by atoms with Gasteiger partial charge in [0.05, 0.1) is 7.11 Å². The molecule has 0 heterocycles. The van der Waals surface area contributed by atoms with Gasteiger partial charge in [-0.3, -0.25) is 24.1 Å². The maximum atomic E-state index is 14.6. The molecule has 310 valence electrons. The number of amides is 2. The Morgan fingerprint density at radius 1 is 0.632 bits per heavy atom. The van der Waals surface area contributed by atoms with Gasteiger partial charge < -0.3 is 24.4 Å². The van der Waals surface area contributed by atoms with E-state index in [-0.39, 0.29) is 42.6 Å². The van der Waals surface area contributed by atoms with Crippen LogP contribution in [0.5, 0.6) is 5.75 Å². The third kappa shape index (κ3) is 13.0. The minimum Gasteiger partial charge on any atom is -0.508 e. The number of ether oxygens (including phenoxy) is 2. The van der Waals surface area contributed by atoms with Gasteiger partial charge in [-0.1, -0.05) is 99.5 Å². The van der Waals surface area contributed by atoms with E-state index in [1.54, 1.807) is 31.1 Å². The number of carbonyl (C=O) groups excluding carboxylic acids is 5. The molecule has 3 aromatic carbocycles. The number of phenolic OH excluding ortho intramolecular Hbond substituents is 1. The van der Waals surface area contributed by atoms with Crippen molar-refractivity contribution in [1.29, 1.82) is 0 Å². The quantitative estimate of drug-likeness (QED) is 0.137. The van der Waals surface area contributed by atoms with Crippen LogP contribution in [0.1, 0.15) is 68.4 Å². The predicted octanol–water partition coefficient (Wildman–Crippen LogP) is 5.98. The molecular weight excluding hydrogens is 723 g/mol. The molecule has 11 nitrogen and oxygen atoms in total. The van der Waals surface area contributed by atoms with Gasteiger partial charge in [0.25, 0.3) is 0 Å². The minimum absolute atomic E-state index is 0.0500. The molecule has 0 saturated heterocycles. The van der Waals surface area contributed by atoms with Crippen LogP contribution in [0.2, 0.25) is 0 Å². The minimum atomic E-state index is -1.08. The summed E-state index contributed by atoms with van der Waals surface area (Å²) in [7, 11) is 7.92. The SMILES string of the molecule is CC[C@H](C)[C@@H](OC(=O)[C@@H](Cc1ccc(C)cc1)N(C)C)C(=O)C[C@@H](C(=O)N(C)[C@@H](Cc1ccc(O)cc1)C(=O)N(C)[C@H](Cc1ccc(C)cc1)C(=O)OC)C(C)C. The molecule has 0 unspecified atom stereocenters. The van der Waals surface area contributed by atoms with Gasteiger partial charge in [0.15, 0.2) is 11.9 Å². The summed E-state index contributed by atoms with van der Waals surface area (Å²) in [6.07, 6.45) is -0.0562. The summed E-state index contributed by atoms with van der Waals surface area (Å²) in [6, 6.07) is 19.2. The average molecular weight is 786 g/mol. The number of aryl methyl sites for hydroxylation is 2. The highest BCUT2D eigenvalue weighted by atomic mass is 16.5. The zero-order chi connectivity index (χ0) is 42.6. The Morgan fingerprint density at radius 2 is 1.07 bits per heavy atom. The lowest BCUT2D eigenvalue weighted by Crippen LogP contribution is -2.55. The number of likely N-dealkylation sites (N-methyl/N-ethyl adjacent to an activating group) is 3. The number of nitrogens with zero attached hydrogens (tertiary/aromatic N) is 3. The summed E-state index contributed by atoms with van der Waals surface area (Å²) in [4.78, 5) is 74.7. The topological polar surface area (TPSA) is 134 Å². The molecule has 3 rings (SSSR count). The summed E-state index contributed by atoms with van der Waals surface area (Å²) in [5, 5.41) is 9.95. The Bertz CT molecular complexity index is 1790. The van der Waals surface area contributed by atoms with Crippen molar-refractivity contribution in [3.63, 3.8) is 0 Å². The second kappa shape index (κ2) is 21.5. The van der Waals surface area contributed by atoms with E-state index in [4.69, 9.17) is 9.47 Å². The first-order chi connectivity index (χ1) is 26.9. The molecule has 11 heteroatoms. The van der Waals surface area contributed by atoms with Gasteiger partial charge in [0.2, 0.25) is 11.8 Å². The standard InChI is InChI=1S/C46H63N3O8/c1-12-32(6)42(57-46(55)39(47(7)8)26-33-17-13-30(4)14-18-33)41(51)28-37(29(2)3)43(52)48(9)38(25-35-21-23-36(50)24-22-35)44(53)49(10)40(45(54)56-11)27-34-19-15-31(5)16-20-34/h13-24,29,32,37-40,42,50H,12,25-28H2,1-11H3/t32-,37+,38-,39+,40+,42+/m0/s1. The van der Waals surface area contributed by atoms with Gasteiger partial charge in [-0.05, 0) is 75.5 Å². The lowest BCUT2D eigenvalue weighted by atomic mass is 9.85. The molecule has 0 bridgehead atoms. The van der Waals surface area contributed by atoms with Crippen molar-refractivity contribution in [2.75, 3.05) is 35.3 Å². The molecule has 0 aromatic heterocycles. The van der Waals surface area contributed by atoms with Gasteiger partial charge in [-0.15, -0.1) is 0 Å². The zero-order valence-corrected chi connectivity index (χ0v) is 35.7. The molecule has 6 atom stereocenters. The van der Waals surface area contributed by atoms with Gasteiger partial charge in [0.1, 0.15) is 23.9 Å². The fraction of sp³-hybridized carbons (Fsp3) is 0.500. The normalized spacial score (nSPS) is 14.5. The molecule has 0 aliphatic carbocycles. The number of methoxy groups -OCH3 is 1. The van der Waals surface area contributed by atoms with Crippen LogP contribution in [0.15, 0.2) is 72.8 Å². The second-order valence-corrected chi connectivity index (χ2v) is 15.9. The van der Waals surface area contributed by atoms with Crippen molar-refractivity contribution < 1.29 is 38.6 Å². The van der Waals surface area contributed by atoms with Crippen molar-refractivity contribution in [2.45, 2.75) is 97.9 Å². The highest BCUT2D eigenvalue weighted by molar-refractivity contribution is 5.94. The van der Waals surface area contributed by atoms with Gasteiger partial charge in [-0.2, -0.15) is 0 Å². The van der Waals surface area contributed by atoms with E-state index < -0.39 is 53.9 Å². The lowest BCUT2D eigenvalue weighted by molar-refractivity contribution is -0.163. The second-order valence-electron chi connectivity index (χ2n) is 15.9. The fourth-order valence-corrected chi connectivity index (χ4v) is 6.79. The van der Waals surface area contributed by atoms with Crippen molar-refractivity contribution in [3.05, 3.63) is 101 Å². The van der Waals surface area contributed by atoms with E-state index >= 15 is 0 Å². The third-order valence-corrected chi connectivity index (χ3v) is 11.0. The number of benzene rings is 3. The van der Waals surface area contributed by atoms with Crippen LogP contribution < -0.4 is 0 Å². The number of Topliss-reactive ketones (excluding diaryl/α,β-unsaturated/α-hetero) is 1. The molecule has 0 aliphatic rings.